The van der Waals surface area contributed by atoms with Crippen LogP contribution >= 0.6 is 10.0 Å². The Balaban J connectivity index is 0.00000136. The Morgan fingerprint density at radius 1 is 0.581 bits per heavy atom. The number of fused-ring (bicyclic) bond motifs is 11. The molecule has 0 aromatic heterocycles. The molecule has 2 atom stereocenters. The lowest BCUT2D eigenvalue weighted by molar-refractivity contribution is 0.724. The number of hydrogen-bond donors (Lipinski definition) is 0. The first kappa shape index (κ1) is 26.5. The van der Waals surface area contributed by atoms with E-state index in [1.54, 1.807) is 20.9 Å². The average molecular weight is 575 g/mol. The number of allylic oxidation sites excluding steroid dienone is 2. The van der Waals surface area contributed by atoms with Crippen molar-refractivity contribution in [3.63, 3.8) is 0 Å². The van der Waals surface area contributed by atoms with Gasteiger partial charge in [-0.2, -0.15) is 10.0 Å². The Morgan fingerprint density at radius 3 is 2.09 bits per heavy atom. The number of benzene rings is 6. The van der Waals surface area contributed by atoms with Gasteiger partial charge in [0.25, 0.3) is 0 Å². The Hall–Kier alpha value is -4.07. The molecule has 1 fully saturated rings. The molecule has 3 aliphatic rings. The highest BCUT2D eigenvalue weighted by atomic mass is 32.3. The second-order valence-corrected chi connectivity index (χ2v) is 15.6. The van der Waals surface area contributed by atoms with E-state index in [2.05, 4.69) is 129 Å². The van der Waals surface area contributed by atoms with Gasteiger partial charge in [-0.25, -0.2) is 0 Å². The van der Waals surface area contributed by atoms with E-state index in [1.807, 2.05) is 13.8 Å². The number of rotatable bonds is 1. The van der Waals surface area contributed by atoms with Crippen molar-refractivity contribution in [2.45, 2.75) is 43.9 Å². The lowest BCUT2D eigenvalue weighted by Crippen LogP contribution is -2.01. The highest BCUT2D eigenvalue weighted by Crippen LogP contribution is 2.76. The van der Waals surface area contributed by atoms with Crippen LogP contribution in [0.15, 0.2) is 136 Å². The van der Waals surface area contributed by atoms with Crippen molar-refractivity contribution in [3.05, 3.63) is 132 Å². The maximum absolute atomic E-state index is 2.60. The highest BCUT2D eigenvalue weighted by Gasteiger charge is 2.45. The Morgan fingerprint density at radius 2 is 1.26 bits per heavy atom. The maximum atomic E-state index is 2.60. The van der Waals surface area contributed by atoms with Crippen LogP contribution in [-0.4, -0.2) is 11.5 Å². The quantitative estimate of drug-likeness (QED) is 0.171. The van der Waals surface area contributed by atoms with Gasteiger partial charge in [0.1, 0.15) is 0 Å². The predicted molar refractivity (Wildman–Crippen MR) is 190 cm³/mol. The molecule has 6 aromatic carbocycles. The van der Waals surface area contributed by atoms with Gasteiger partial charge in [0.05, 0.1) is 0 Å². The summed E-state index contributed by atoms with van der Waals surface area (Å²) < 4.78 is 0. The van der Waals surface area contributed by atoms with Gasteiger partial charge >= 0.3 is 0 Å². The fraction of sp³-hybridized carbons (Fsp3) is 0.190. The molecule has 9 rings (SSSR count). The van der Waals surface area contributed by atoms with E-state index < -0.39 is 10.0 Å². The third-order valence-electron chi connectivity index (χ3n) is 9.77. The van der Waals surface area contributed by atoms with Crippen molar-refractivity contribution in [1.29, 1.82) is 0 Å². The molecule has 2 unspecified atom stereocenters. The molecule has 0 nitrogen and oxygen atoms in total. The summed E-state index contributed by atoms with van der Waals surface area (Å²) in [6.07, 6.45) is 6.32. The molecule has 0 N–H and O–H groups in total. The summed E-state index contributed by atoms with van der Waals surface area (Å²) >= 11 is 0. The van der Waals surface area contributed by atoms with Gasteiger partial charge in [0.15, 0.2) is 0 Å². The van der Waals surface area contributed by atoms with E-state index in [-0.39, 0.29) is 0 Å². The molecule has 6 aromatic rings. The number of aryl methyl sites for hydroxylation is 1. The molecule has 1 heteroatoms. The molecule has 0 bridgehead atoms. The molecular formula is C42H38S. The van der Waals surface area contributed by atoms with Crippen LogP contribution in [0.5, 0.6) is 0 Å². The molecule has 1 aliphatic carbocycles. The minimum Gasteiger partial charge on any atom is -0.178 e. The lowest BCUT2D eigenvalue weighted by Gasteiger charge is -2.33. The molecule has 43 heavy (non-hydrogen) atoms. The van der Waals surface area contributed by atoms with Crippen LogP contribution in [0.1, 0.15) is 32.8 Å². The minimum atomic E-state index is -1.17. The van der Waals surface area contributed by atoms with Crippen molar-refractivity contribution in [3.8, 4) is 22.3 Å². The average Bonchev–Trinajstić information content (AvgIpc) is 3.55. The molecular weight excluding hydrogens is 537 g/mol. The number of hydrogen-bond acceptors (Lipinski definition) is 0. The minimum absolute atomic E-state index is 0.645. The van der Waals surface area contributed by atoms with E-state index in [9.17, 15) is 0 Å². The van der Waals surface area contributed by atoms with Crippen LogP contribution in [-0.2, 0) is 0 Å². The Labute approximate surface area is 257 Å². The summed E-state index contributed by atoms with van der Waals surface area (Å²) in [5.41, 5.74) is 10.2. The van der Waals surface area contributed by atoms with Gasteiger partial charge in [0.2, 0.25) is 0 Å². The first-order valence-corrected chi connectivity index (χ1v) is 17.8. The molecule has 212 valence electrons. The third kappa shape index (κ3) is 3.91. The van der Waals surface area contributed by atoms with Crippen LogP contribution < -0.4 is 0 Å². The topological polar surface area (TPSA) is 0 Å². The van der Waals surface area contributed by atoms with Crippen molar-refractivity contribution in [2.24, 2.45) is 5.92 Å². The van der Waals surface area contributed by atoms with E-state index in [4.69, 9.17) is 0 Å². The second kappa shape index (κ2) is 10.00. The summed E-state index contributed by atoms with van der Waals surface area (Å²) in [5.74, 6) is 3.03. The van der Waals surface area contributed by atoms with Crippen molar-refractivity contribution in [1.82, 2.24) is 0 Å². The lowest BCUT2D eigenvalue weighted by atomic mass is 9.90. The normalized spacial score (nSPS) is 21.4. The molecule has 1 saturated heterocycles. The van der Waals surface area contributed by atoms with E-state index >= 15 is 0 Å². The first-order valence-electron chi connectivity index (χ1n) is 15.9. The highest BCUT2D eigenvalue weighted by molar-refractivity contribution is 8.34. The van der Waals surface area contributed by atoms with Crippen LogP contribution in [0.3, 0.4) is 0 Å². The zero-order valence-electron chi connectivity index (χ0n) is 25.6. The summed E-state index contributed by atoms with van der Waals surface area (Å²) in [5, 5.41) is 7.98. The largest absolute Gasteiger partial charge is 0.178 e. The molecule has 2 aliphatic heterocycles. The van der Waals surface area contributed by atoms with E-state index in [0.29, 0.717) is 5.92 Å². The van der Waals surface area contributed by atoms with Crippen LogP contribution in [0.4, 0.5) is 0 Å². The summed E-state index contributed by atoms with van der Waals surface area (Å²) in [6.45, 7) is 8.63. The van der Waals surface area contributed by atoms with E-state index in [1.165, 1.54) is 78.1 Å². The fourth-order valence-electron chi connectivity index (χ4n) is 7.79. The van der Waals surface area contributed by atoms with Crippen LogP contribution in [0.2, 0.25) is 0 Å². The molecule has 0 amide bonds. The second-order valence-electron chi connectivity index (χ2n) is 12.4. The third-order valence-corrected chi connectivity index (χ3v) is 13.7. The first-order chi connectivity index (χ1) is 21.1. The molecule has 0 saturated carbocycles. The van der Waals surface area contributed by atoms with Gasteiger partial charge in [-0.15, -0.1) is 0 Å². The summed E-state index contributed by atoms with van der Waals surface area (Å²) in [4.78, 5) is 3.21. The smallest absolute Gasteiger partial charge is 0.0107 e. The summed E-state index contributed by atoms with van der Waals surface area (Å²) in [7, 11) is -1.17. The molecule has 2 heterocycles. The van der Waals surface area contributed by atoms with Crippen molar-refractivity contribution in [2.75, 3.05) is 11.5 Å². The standard InChI is InChI=1S/C40H32S.C2H6/c1-25-11-13-29-23-41(24-30(29)19-25)39-20-26(2)12-16-35(39)36-18-15-28(21-40(36)41)37-22-38-31-8-4-3-7-27(31)14-17-34(38)32-9-5-6-10-33(32)37;1-2/h3-10,12-22,25H,11,23-24H2,1-2H3;1-2H3. The van der Waals surface area contributed by atoms with Gasteiger partial charge in [-0.3, -0.25) is 0 Å². The Bertz CT molecular complexity index is 2160. The monoisotopic (exact) mass is 574 g/mol. The SMILES string of the molecule is CC.Cc1ccc2c(c1)S1(CC3=CCC(C)C=C3C1)c1cc(-c3cc4c5ccccc5ccc4c4ccccc34)ccc1-2. The van der Waals surface area contributed by atoms with Crippen LogP contribution in [0, 0.1) is 12.8 Å². The van der Waals surface area contributed by atoms with Crippen LogP contribution in [0.25, 0.3) is 54.6 Å². The Kier molecular flexibility index (Phi) is 6.17. The predicted octanol–water partition coefficient (Wildman–Crippen LogP) is 12.3. The molecule has 1 spiro atoms. The maximum Gasteiger partial charge on any atom is 0.0107 e. The van der Waals surface area contributed by atoms with Gasteiger partial charge in [-0.05, 0) is 103 Å². The summed E-state index contributed by atoms with van der Waals surface area (Å²) in [6, 6.07) is 39.5. The van der Waals surface area contributed by atoms with Crippen molar-refractivity contribution < 1.29 is 0 Å². The molecule has 0 radical (unpaired) electrons. The fourth-order valence-corrected chi connectivity index (χ4v) is 12.4. The van der Waals surface area contributed by atoms with E-state index in [0.717, 1.165) is 0 Å². The zero-order chi connectivity index (χ0) is 29.3. The van der Waals surface area contributed by atoms with Gasteiger partial charge in [0, 0.05) is 21.3 Å². The van der Waals surface area contributed by atoms with Crippen molar-refractivity contribution >= 4 is 42.3 Å². The van der Waals surface area contributed by atoms with Gasteiger partial charge < -0.3 is 0 Å². The van der Waals surface area contributed by atoms with Gasteiger partial charge in [-0.1, -0.05) is 123 Å². The zero-order valence-corrected chi connectivity index (χ0v) is 26.4.